The molecule has 3 N–H and O–H groups in total. The average molecular weight is 565 g/mol. The van der Waals surface area contributed by atoms with E-state index in [1.807, 2.05) is 37.4 Å². The summed E-state index contributed by atoms with van der Waals surface area (Å²) in [6.07, 6.45) is -5.42. The summed E-state index contributed by atoms with van der Waals surface area (Å²) >= 11 is 0. The van der Waals surface area contributed by atoms with E-state index in [1.54, 1.807) is 6.20 Å². The van der Waals surface area contributed by atoms with Gasteiger partial charge in [0.05, 0.1) is 25.0 Å². The van der Waals surface area contributed by atoms with Crippen molar-refractivity contribution >= 4 is 17.8 Å². The second kappa shape index (κ2) is 13.6. The van der Waals surface area contributed by atoms with Gasteiger partial charge in [0.25, 0.3) is 0 Å². The normalized spacial score (nSPS) is 13.6. The predicted octanol–water partition coefficient (Wildman–Crippen LogP) is 4.12. The van der Waals surface area contributed by atoms with Crippen LogP contribution < -0.4 is 5.32 Å². The van der Waals surface area contributed by atoms with Gasteiger partial charge in [0.15, 0.2) is 0 Å². The maximum Gasteiger partial charge on any atom is 0.490 e. The number of carboxylic acid groups (broad SMARTS) is 2. The lowest BCUT2D eigenvalue weighted by atomic mass is 10.3. The number of nitrogens with one attached hydrogen (secondary N) is 1. The Morgan fingerprint density at radius 2 is 1.62 bits per heavy atom. The Kier molecular flexibility index (Phi) is 10.9. The van der Waals surface area contributed by atoms with Crippen LogP contribution in [0.15, 0.2) is 47.1 Å². The molecule has 3 aromatic rings. The summed E-state index contributed by atoms with van der Waals surface area (Å²) < 4.78 is 71.5. The van der Waals surface area contributed by atoms with E-state index < -0.39 is 24.3 Å². The fraction of sp³-hybridized carbons (Fsp3) is 0.391. The molecule has 214 valence electrons. The Morgan fingerprint density at radius 1 is 0.974 bits per heavy atom. The number of hydrogen-bond acceptors (Lipinski definition) is 7. The molecule has 3 aromatic heterocycles. The van der Waals surface area contributed by atoms with Crippen LogP contribution in [0, 0.1) is 6.92 Å². The van der Waals surface area contributed by atoms with E-state index in [0.717, 1.165) is 62.3 Å². The zero-order valence-corrected chi connectivity index (χ0v) is 20.5. The summed E-state index contributed by atoms with van der Waals surface area (Å²) in [6, 6.07) is 9.99. The van der Waals surface area contributed by atoms with Crippen molar-refractivity contribution in [3.8, 4) is 0 Å². The highest BCUT2D eigenvalue weighted by Gasteiger charge is 2.38. The maximum atomic E-state index is 10.6. The summed E-state index contributed by atoms with van der Waals surface area (Å²) in [6.45, 7) is 6.54. The number of hydrogen-bond donors (Lipinski definition) is 3. The third-order valence-electron chi connectivity index (χ3n) is 5.09. The number of aromatic nitrogens is 3. The van der Waals surface area contributed by atoms with Crippen LogP contribution >= 0.6 is 0 Å². The van der Waals surface area contributed by atoms with Crippen LogP contribution in [-0.2, 0) is 35.6 Å². The van der Waals surface area contributed by atoms with Crippen LogP contribution in [0.25, 0.3) is 0 Å². The number of aliphatic carboxylic acids is 2. The first kappa shape index (κ1) is 31.1. The molecular formula is C23H25F6N5O5. The molecule has 0 unspecified atom stereocenters. The number of fused-ring (bicyclic) bond motifs is 1. The Morgan fingerprint density at radius 3 is 2.13 bits per heavy atom. The van der Waals surface area contributed by atoms with E-state index in [-0.39, 0.29) is 0 Å². The van der Waals surface area contributed by atoms with Gasteiger partial charge in [-0.05, 0) is 31.2 Å². The molecule has 1 aliphatic heterocycles. The smallest absolute Gasteiger partial charge is 0.475 e. The lowest BCUT2D eigenvalue weighted by molar-refractivity contribution is -0.193. The van der Waals surface area contributed by atoms with Gasteiger partial charge >= 0.3 is 24.3 Å². The Labute approximate surface area is 217 Å². The fourth-order valence-electron chi connectivity index (χ4n) is 3.28. The first-order valence-electron chi connectivity index (χ1n) is 11.2. The van der Waals surface area contributed by atoms with Crippen molar-refractivity contribution in [3.05, 3.63) is 65.8 Å². The number of rotatable bonds is 5. The van der Waals surface area contributed by atoms with Crippen molar-refractivity contribution in [2.24, 2.45) is 0 Å². The van der Waals surface area contributed by atoms with E-state index in [2.05, 4.69) is 30.8 Å². The first-order chi connectivity index (χ1) is 18.2. The minimum atomic E-state index is -5.08. The van der Waals surface area contributed by atoms with Crippen molar-refractivity contribution < 1.29 is 50.6 Å². The largest absolute Gasteiger partial charge is 0.490 e. The standard InChI is InChI=1S/C19H23N5O.2C2HF3O2/c1-15-5-6-17(25-15)14-23-9-7-19-22-13-16(24(19)11-10-23)12-21-18-4-2-3-8-20-18;2*3-2(4,5)1(6)7/h2-6,8,13H,7,9-12,14H2,1H3,(H,20,21);2*(H,6,7). The molecule has 0 radical (unpaired) electrons. The number of carboxylic acids is 2. The van der Waals surface area contributed by atoms with Crippen LogP contribution in [0.5, 0.6) is 0 Å². The van der Waals surface area contributed by atoms with E-state index >= 15 is 0 Å². The highest BCUT2D eigenvalue weighted by atomic mass is 19.4. The minimum Gasteiger partial charge on any atom is -0.475 e. The molecule has 0 bridgehead atoms. The number of aryl methyl sites for hydroxylation is 1. The number of alkyl halides is 6. The number of nitrogens with zero attached hydrogens (tertiary/aromatic N) is 4. The number of pyridine rings is 1. The molecule has 0 fully saturated rings. The fourth-order valence-corrected chi connectivity index (χ4v) is 3.28. The zero-order valence-electron chi connectivity index (χ0n) is 20.5. The molecule has 0 saturated carbocycles. The molecular weight excluding hydrogens is 540 g/mol. The van der Waals surface area contributed by atoms with Gasteiger partial charge in [0.1, 0.15) is 23.2 Å². The number of halogens is 6. The maximum absolute atomic E-state index is 10.6. The molecule has 0 aromatic carbocycles. The molecule has 1 aliphatic rings. The molecule has 4 rings (SSSR count). The van der Waals surface area contributed by atoms with E-state index in [1.165, 1.54) is 5.69 Å². The number of furan rings is 1. The lowest BCUT2D eigenvalue weighted by Crippen LogP contribution is -2.26. The zero-order chi connectivity index (χ0) is 29.2. The van der Waals surface area contributed by atoms with Gasteiger partial charge in [0.2, 0.25) is 0 Å². The minimum absolute atomic E-state index is 0.737. The van der Waals surface area contributed by atoms with E-state index in [4.69, 9.17) is 24.2 Å². The monoisotopic (exact) mass is 565 g/mol. The highest BCUT2D eigenvalue weighted by Crippen LogP contribution is 2.16. The van der Waals surface area contributed by atoms with Crippen molar-refractivity contribution in [2.45, 2.75) is 45.3 Å². The lowest BCUT2D eigenvalue weighted by Gasteiger charge is -2.18. The summed E-state index contributed by atoms with van der Waals surface area (Å²) in [5, 5.41) is 17.6. The van der Waals surface area contributed by atoms with Gasteiger partial charge in [-0.3, -0.25) is 4.90 Å². The van der Waals surface area contributed by atoms with Crippen LogP contribution in [0.2, 0.25) is 0 Å². The molecule has 39 heavy (non-hydrogen) atoms. The van der Waals surface area contributed by atoms with Crippen molar-refractivity contribution in [1.82, 2.24) is 19.4 Å². The van der Waals surface area contributed by atoms with Gasteiger partial charge in [-0.1, -0.05) is 6.07 Å². The molecule has 16 heteroatoms. The summed E-state index contributed by atoms with van der Waals surface area (Å²) in [7, 11) is 0. The number of anilines is 1. The number of carbonyl (C=O) groups is 2. The van der Waals surface area contributed by atoms with Crippen molar-refractivity contribution in [2.75, 3.05) is 18.4 Å². The molecule has 0 atom stereocenters. The first-order valence-corrected chi connectivity index (χ1v) is 11.2. The molecule has 0 saturated heterocycles. The third kappa shape index (κ3) is 10.7. The van der Waals surface area contributed by atoms with Gasteiger partial charge < -0.3 is 24.5 Å². The quantitative estimate of drug-likeness (QED) is 0.391. The van der Waals surface area contributed by atoms with Gasteiger partial charge in [0, 0.05) is 32.3 Å². The van der Waals surface area contributed by atoms with Gasteiger partial charge in [-0.2, -0.15) is 26.3 Å². The summed E-state index contributed by atoms with van der Waals surface area (Å²) in [5.41, 5.74) is 1.20. The summed E-state index contributed by atoms with van der Waals surface area (Å²) in [5.74, 6) is -1.45. The van der Waals surface area contributed by atoms with Crippen LogP contribution in [0.4, 0.5) is 32.2 Å². The Bertz CT molecular complexity index is 1190. The molecule has 4 heterocycles. The van der Waals surface area contributed by atoms with Crippen molar-refractivity contribution in [3.63, 3.8) is 0 Å². The number of imidazole rings is 1. The highest BCUT2D eigenvalue weighted by molar-refractivity contribution is 5.73. The predicted molar refractivity (Wildman–Crippen MR) is 124 cm³/mol. The third-order valence-corrected chi connectivity index (χ3v) is 5.09. The van der Waals surface area contributed by atoms with E-state index in [9.17, 15) is 26.3 Å². The average Bonchev–Trinajstić information content (AvgIpc) is 3.38. The SMILES string of the molecule is Cc1ccc(CN2CCc3ncc(CNc4ccccn4)n3CC2)o1.O=C(O)C(F)(F)F.O=C(O)C(F)(F)F. The second-order valence-corrected chi connectivity index (χ2v) is 8.03. The second-order valence-electron chi connectivity index (χ2n) is 8.03. The van der Waals surface area contributed by atoms with Crippen molar-refractivity contribution in [1.29, 1.82) is 0 Å². The molecule has 0 aliphatic carbocycles. The van der Waals surface area contributed by atoms with E-state index in [0.29, 0.717) is 0 Å². The van der Waals surface area contributed by atoms with Gasteiger partial charge in [-0.25, -0.2) is 19.6 Å². The van der Waals surface area contributed by atoms with Gasteiger partial charge in [-0.15, -0.1) is 0 Å². The van der Waals surface area contributed by atoms with Crippen LogP contribution in [0.1, 0.15) is 23.0 Å². The topological polar surface area (TPSA) is 134 Å². The molecule has 0 amide bonds. The Balaban J connectivity index is 0.000000317. The molecule has 0 spiro atoms. The van der Waals surface area contributed by atoms with Crippen LogP contribution in [0.3, 0.4) is 0 Å². The van der Waals surface area contributed by atoms with Crippen LogP contribution in [-0.4, -0.2) is 67.0 Å². The Hall–Kier alpha value is -4.08. The molecule has 10 nitrogen and oxygen atoms in total. The summed E-state index contributed by atoms with van der Waals surface area (Å²) in [4.78, 5) is 29.2.